The SMILES string of the molecule is CNCCC=Cc1cc(C#N)ccc1N. The number of nitriles is 1. The van der Waals surface area contributed by atoms with Crippen LogP contribution in [0.15, 0.2) is 24.3 Å². The molecule has 0 atom stereocenters. The highest BCUT2D eigenvalue weighted by molar-refractivity contribution is 5.66. The minimum atomic E-state index is 0.637. The number of nitrogen functional groups attached to an aromatic ring is 1. The predicted molar refractivity (Wildman–Crippen MR) is 63.1 cm³/mol. The van der Waals surface area contributed by atoms with Gasteiger partial charge in [-0.15, -0.1) is 0 Å². The number of hydrogen-bond donors (Lipinski definition) is 2. The van der Waals surface area contributed by atoms with Crippen molar-refractivity contribution in [2.75, 3.05) is 19.3 Å². The van der Waals surface area contributed by atoms with Crippen molar-refractivity contribution < 1.29 is 0 Å². The summed E-state index contributed by atoms with van der Waals surface area (Å²) in [4.78, 5) is 0. The van der Waals surface area contributed by atoms with Crippen molar-refractivity contribution >= 4 is 11.8 Å². The summed E-state index contributed by atoms with van der Waals surface area (Å²) in [5.74, 6) is 0. The first-order chi connectivity index (χ1) is 7.27. The summed E-state index contributed by atoms with van der Waals surface area (Å²) in [6.07, 6.45) is 4.95. The number of anilines is 1. The Bertz CT molecular complexity index is 388. The van der Waals surface area contributed by atoms with Gasteiger partial charge in [-0.3, -0.25) is 0 Å². The van der Waals surface area contributed by atoms with Crippen LogP contribution in [0.1, 0.15) is 17.5 Å². The maximum atomic E-state index is 8.74. The normalized spacial score (nSPS) is 10.4. The average Bonchev–Trinajstić information content (AvgIpc) is 2.26. The molecule has 0 radical (unpaired) electrons. The van der Waals surface area contributed by atoms with E-state index < -0.39 is 0 Å². The smallest absolute Gasteiger partial charge is 0.0991 e. The van der Waals surface area contributed by atoms with Crippen LogP contribution in [0.2, 0.25) is 0 Å². The molecule has 0 aliphatic rings. The van der Waals surface area contributed by atoms with Crippen LogP contribution >= 0.6 is 0 Å². The van der Waals surface area contributed by atoms with E-state index in [2.05, 4.69) is 11.4 Å². The molecule has 0 saturated heterocycles. The molecule has 0 unspecified atom stereocenters. The molecule has 0 aromatic heterocycles. The summed E-state index contributed by atoms with van der Waals surface area (Å²) in [7, 11) is 1.92. The number of nitrogens with one attached hydrogen (secondary N) is 1. The molecule has 0 heterocycles. The van der Waals surface area contributed by atoms with E-state index in [9.17, 15) is 0 Å². The van der Waals surface area contributed by atoms with Crippen LogP contribution in [0.5, 0.6) is 0 Å². The van der Waals surface area contributed by atoms with Crippen LogP contribution in [0.3, 0.4) is 0 Å². The van der Waals surface area contributed by atoms with Crippen LogP contribution in [-0.4, -0.2) is 13.6 Å². The molecule has 0 amide bonds. The second kappa shape index (κ2) is 5.84. The molecule has 1 rings (SSSR count). The molecular formula is C12H15N3. The highest BCUT2D eigenvalue weighted by Crippen LogP contribution is 2.15. The fourth-order valence-corrected chi connectivity index (χ4v) is 1.23. The van der Waals surface area contributed by atoms with Crippen molar-refractivity contribution in [2.24, 2.45) is 0 Å². The molecule has 3 nitrogen and oxygen atoms in total. The summed E-state index contributed by atoms with van der Waals surface area (Å²) in [5.41, 5.74) is 8.03. The summed E-state index contributed by atoms with van der Waals surface area (Å²) < 4.78 is 0. The van der Waals surface area contributed by atoms with E-state index in [0.717, 1.165) is 18.5 Å². The molecule has 0 spiro atoms. The van der Waals surface area contributed by atoms with Gasteiger partial charge in [0.15, 0.2) is 0 Å². The van der Waals surface area contributed by atoms with Gasteiger partial charge in [0, 0.05) is 5.69 Å². The van der Waals surface area contributed by atoms with Gasteiger partial charge < -0.3 is 11.1 Å². The fourth-order valence-electron chi connectivity index (χ4n) is 1.23. The number of hydrogen-bond acceptors (Lipinski definition) is 3. The standard InChI is InChI=1S/C12H15N3/c1-15-7-3-2-4-11-8-10(9-13)5-6-12(11)14/h2,4-6,8,15H,3,7,14H2,1H3. The Kier molecular flexibility index (Phi) is 4.39. The highest BCUT2D eigenvalue weighted by Gasteiger charge is 1.96. The van der Waals surface area contributed by atoms with Crippen molar-refractivity contribution in [3.05, 3.63) is 35.4 Å². The number of nitrogens with two attached hydrogens (primary N) is 1. The lowest BCUT2D eigenvalue weighted by Gasteiger charge is -2.00. The Morgan fingerprint density at radius 3 is 3.00 bits per heavy atom. The molecule has 0 aliphatic heterocycles. The van der Waals surface area contributed by atoms with Gasteiger partial charge in [-0.25, -0.2) is 0 Å². The summed E-state index contributed by atoms with van der Waals surface area (Å²) in [6.45, 7) is 0.939. The quantitative estimate of drug-likeness (QED) is 0.576. The Morgan fingerprint density at radius 1 is 1.53 bits per heavy atom. The van der Waals surface area contributed by atoms with Crippen molar-refractivity contribution in [1.82, 2.24) is 5.32 Å². The van der Waals surface area contributed by atoms with E-state index in [1.165, 1.54) is 0 Å². The maximum Gasteiger partial charge on any atom is 0.0991 e. The van der Waals surface area contributed by atoms with Crippen LogP contribution in [0.4, 0.5) is 5.69 Å². The molecule has 1 aromatic carbocycles. The van der Waals surface area contributed by atoms with Crippen LogP contribution in [0, 0.1) is 11.3 Å². The van der Waals surface area contributed by atoms with Gasteiger partial charge >= 0.3 is 0 Å². The first kappa shape index (κ1) is 11.3. The first-order valence-electron chi connectivity index (χ1n) is 4.88. The molecule has 1 aromatic rings. The van der Waals surface area contributed by atoms with E-state index in [1.807, 2.05) is 19.2 Å². The van der Waals surface area contributed by atoms with Gasteiger partial charge in [0.1, 0.15) is 0 Å². The molecule has 0 bridgehead atoms. The Balaban J connectivity index is 2.76. The van der Waals surface area contributed by atoms with Crippen molar-refractivity contribution in [2.45, 2.75) is 6.42 Å². The zero-order valence-corrected chi connectivity index (χ0v) is 8.83. The third-order valence-electron chi connectivity index (χ3n) is 2.07. The second-order valence-corrected chi connectivity index (χ2v) is 3.25. The second-order valence-electron chi connectivity index (χ2n) is 3.25. The number of benzene rings is 1. The van der Waals surface area contributed by atoms with Gasteiger partial charge in [0.2, 0.25) is 0 Å². The largest absolute Gasteiger partial charge is 0.398 e. The summed E-state index contributed by atoms with van der Waals surface area (Å²) >= 11 is 0. The molecule has 3 heteroatoms. The monoisotopic (exact) mass is 201 g/mol. The molecule has 0 aliphatic carbocycles. The van der Waals surface area contributed by atoms with E-state index >= 15 is 0 Å². The minimum Gasteiger partial charge on any atom is -0.398 e. The Morgan fingerprint density at radius 2 is 2.33 bits per heavy atom. The molecule has 0 saturated carbocycles. The minimum absolute atomic E-state index is 0.637. The van der Waals surface area contributed by atoms with Gasteiger partial charge in [0.25, 0.3) is 0 Å². The molecule has 15 heavy (non-hydrogen) atoms. The van der Waals surface area contributed by atoms with E-state index in [0.29, 0.717) is 11.3 Å². The average molecular weight is 201 g/mol. The third kappa shape index (κ3) is 3.45. The molecule has 0 fully saturated rings. The molecule has 3 N–H and O–H groups in total. The van der Waals surface area contributed by atoms with Crippen molar-refractivity contribution in [3.63, 3.8) is 0 Å². The van der Waals surface area contributed by atoms with Crippen molar-refractivity contribution in [3.8, 4) is 6.07 Å². The fraction of sp³-hybridized carbons (Fsp3) is 0.250. The van der Waals surface area contributed by atoms with E-state index in [4.69, 9.17) is 11.0 Å². The Labute approximate surface area is 90.2 Å². The van der Waals surface area contributed by atoms with Crippen molar-refractivity contribution in [1.29, 1.82) is 5.26 Å². The Hall–Kier alpha value is -1.79. The number of rotatable bonds is 4. The summed E-state index contributed by atoms with van der Waals surface area (Å²) in [6, 6.07) is 7.37. The lowest BCUT2D eigenvalue weighted by atomic mass is 10.1. The topological polar surface area (TPSA) is 61.8 Å². The lowest BCUT2D eigenvalue weighted by molar-refractivity contribution is 0.809. The van der Waals surface area contributed by atoms with Gasteiger partial charge in [-0.2, -0.15) is 5.26 Å². The lowest BCUT2D eigenvalue weighted by Crippen LogP contribution is -2.05. The third-order valence-corrected chi connectivity index (χ3v) is 2.07. The van der Waals surface area contributed by atoms with E-state index in [-0.39, 0.29) is 0 Å². The molecule has 78 valence electrons. The van der Waals surface area contributed by atoms with Gasteiger partial charge in [0.05, 0.1) is 11.6 Å². The van der Waals surface area contributed by atoms with E-state index in [1.54, 1.807) is 18.2 Å². The molecular weight excluding hydrogens is 186 g/mol. The predicted octanol–water partition coefficient (Wildman–Crippen LogP) is 1.76. The first-order valence-corrected chi connectivity index (χ1v) is 4.88. The van der Waals surface area contributed by atoms with Gasteiger partial charge in [-0.1, -0.05) is 12.2 Å². The zero-order chi connectivity index (χ0) is 11.1. The zero-order valence-electron chi connectivity index (χ0n) is 8.83. The van der Waals surface area contributed by atoms with Crippen LogP contribution < -0.4 is 11.1 Å². The maximum absolute atomic E-state index is 8.74. The van der Waals surface area contributed by atoms with Crippen LogP contribution in [-0.2, 0) is 0 Å². The summed E-state index contributed by atoms with van der Waals surface area (Å²) in [5, 5.41) is 11.8. The van der Waals surface area contributed by atoms with Crippen LogP contribution in [0.25, 0.3) is 6.08 Å². The highest BCUT2D eigenvalue weighted by atomic mass is 14.8. The number of nitrogens with zero attached hydrogens (tertiary/aromatic N) is 1. The van der Waals surface area contributed by atoms with Gasteiger partial charge in [-0.05, 0) is 43.8 Å².